The van der Waals surface area contributed by atoms with Crippen molar-refractivity contribution in [3.8, 4) is 17.2 Å². The van der Waals surface area contributed by atoms with Gasteiger partial charge in [-0.15, -0.1) is 0 Å². The molecule has 0 saturated carbocycles. The predicted octanol–water partition coefficient (Wildman–Crippen LogP) is 4.26. The van der Waals surface area contributed by atoms with Gasteiger partial charge in [0.2, 0.25) is 5.91 Å². The molecule has 0 radical (unpaired) electrons. The normalized spacial score (nSPS) is 19.4. The Hall–Kier alpha value is -3.66. The summed E-state index contributed by atoms with van der Waals surface area (Å²) in [4.78, 5) is 21.5. The topological polar surface area (TPSA) is 78.1 Å². The number of hydrogen-bond donors (Lipinski definition) is 0. The average Bonchev–Trinajstić information content (AvgIpc) is 3.53. The van der Waals surface area contributed by atoms with Gasteiger partial charge in [0.1, 0.15) is 17.5 Å². The first-order valence-electron chi connectivity index (χ1n) is 12.7. The Morgan fingerprint density at radius 3 is 2.69 bits per heavy atom. The van der Waals surface area contributed by atoms with Crippen LogP contribution in [-0.4, -0.2) is 51.8 Å². The first-order chi connectivity index (χ1) is 17.2. The van der Waals surface area contributed by atoms with Crippen LogP contribution in [0, 0.1) is 23.7 Å². The minimum atomic E-state index is -0.0534. The number of hydrogen-bond acceptors (Lipinski definition) is 5. The summed E-state index contributed by atoms with van der Waals surface area (Å²) in [7, 11) is 1.97. The summed E-state index contributed by atoms with van der Waals surface area (Å²) in [5.74, 6) is 0.793. The summed E-state index contributed by atoms with van der Waals surface area (Å²) in [6.45, 7) is 13.4. The molecule has 7 heteroatoms. The molecule has 0 unspecified atom stereocenters. The van der Waals surface area contributed by atoms with Gasteiger partial charge in [-0.25, -0.2) is 4.98 Å². The second-order valence-electron chi connectivity index (χ2n) is 11.5. The molecule has 2 fully saturated rings. The fourth-order valence-corrected chi connectivity index (χ4v) is 6.69. The molecule has 0 bridgehead atoms. The van der Waals surface area contributed by atoms with Crippen molar-refractivity contribution in [1.82, 2.24) is 19.7 Å². The van der Waals surface area contributed by atoms with E-state index in [4.69, 9.17) is 4.98 Å². The number of aryl methyl sites for hydroxylation is 2. The summed E-state index contributed by atoms with van der Waals surface area (Å²) in [6, 6.07) is 6.83. The number of rotatable bonds is 3. The molecule has 36 heavy (non-hydrogen) atoms. The monoisotopic (exact) mass is 480 g/mol. The van der Waals surface area contributed by atoms with E-state index in [1.165, 1.54) is 11.6 Å². The van der Waals surface area contributed by atoms with Crippen molar-refractivity contribution in [1.29, 1.82) is 5.26 Å². The number of pyridine rings is 1. The maximum atomic E-state index is 12.1. The minimum absolute atomic E-state index is 0.00349. The minimum Gasteiger partial charge on any atom is -0.355 e. The van der Waals surface area contributed by atoms with Crippen molar-refractivity contribution >= 4 is 22.6 Å². The SMILES string of the molecule is C=CC(=O)N1CC2(CCN(c3nc4c(c(-c5c(C)ccc6cnn(C)c56)c3C#N)CCC4(C)C)C2)C1. The van der Waals surface area contributed by atoms with Crippen LogP contribution < -0.4 is 4.90 Å². The van der Waals surface area contributed by atoms with E-state index < -0.39 is 0 Å². The van der Waals surface area contributed by atoms with Gasteiger partial charge in [0.05, 0.1) is 17.4 Å². The summed E-state index contributed by atoms with van der Waals surface area (Å²) in [5, 5.41) is 16.2. The standard InChI is InChI=1S/C29H32N6O/c1-6-22(36)35-16-29(17-35)11-12-34(15-29)27-21(13-30)24(20-9-10-28(3,4)26(20)32-27)23-18(2)7-8-19-14-31-33(5)25(19)23/h6-8,14H,1,9-12,15-17H2,2-5H3. The molecule has 1 aliphatic carbocycles. The third-order valence-electron chi connectivity index (χ3n) is 8.67. The van der Waals surface area contributed by atoms with Crippen molar-refractivity contribution < 1.29 is 4.79 Å². The lowest BCUT2D eigenvalue weighted by Gasteiger charge is -2.47. The maximum absolute atomic E-state index is 12.1. The van der Waals surface area contributed by atoms with E-state index in [1.807, 2.05) is 22.8 Å². The van der Waals surface area contributed by atoms with Gasteiger partial charge < -0.3 is 9.80 Å². The van der Waals surface area contributed by atoms with Gasteiger partial charge in [0.25, 0.3) is 0 Å². The molecule has 2 saturated heterocycles. The lowest BCUT2D eigenvalue weighted by molar-refractivity contribution is -0.136. The number of likely N-dealkylation sites (tertiary alicyclic amines) is 1. The van der Waals surface area contributed by atoms with Crippen LogP contribution in [0.3, 0.4) is 0 Å². The molecule has 1 aromatic carbocycles. The zero-order valence-corrected chi connectivity index (χ0v) is 21.6. The van der Waals surface area contributed by atoms with Crippen LogP contribution in [0.2, 0.25) is 0 Å². The van der Waals surface area contributed by atoms with Crippen LogP contribution in [0.5, 0.6) is 0 Å². The van der Waals surface area contributed by atoms with Crippen LogP contribution >= 0.6 is 0 Å². The Bertz CT molecular complexity index is 1480. The predicted molar refractivity (Wildman–Crippen MR) is 141 cm³/mol. The summed E-state index contributed by atoms with van der Waals surface area (Å²) in [5.41, 5.74) is 7.34. The molecule has 4 heterocycles. The molecule has 0 atom stereocenters. The van der Waals surface area contributed by atoms with Crippen LogP contribution in [0.25, 0.3) is 22.0 Å². The van der Waals surface area contributed by atoms with Crippen molar-refractivity contribution in [2.45, 2.75) is 45.4 Å². The summed E-state index contributed by atoms with van der Waals surface area (Å²) in [6.07, 6.45) is 6.21. The second-order valence-corrected chi connectivity index (χ2v) is 11.5. The number of carbonyl (C=O) groups is 1. The number of nitriles is 1. The van der Waals surface area contributed by atoms with Gasteiger partial charge in [0.15, 0.2) is 0 Å². The number of amides is 1. The number of fused-ring (bicyclic) bond motifs is 2. The van der Waals surface area contributed by atoms with E-state index >= 15 is 0 Å². The molecule has 0 N–H and O–H groups in total. The summed E-state index contributed by atoms with van der Waals surface area (Å²) >= 11 is 0. The Kier molecular flexibility index (Phi) is 4.85. The zero-order chi connectivity index (χ0) is 25.4. The van der Waals surface area contributed by atoms with Gasteiger partial charge in [0, 0.05) is 60.6 Å². The third kappa shape index (κ3) is 3.13. The van der Waals surface area contributed by atoms with E-state index in [1.54, 1.807) is 0 Å². The molecular formula is C29H32N6O. The second kappa shape index (κ2) is 7.67. The van der Waals surface area contributed by atoms with Gasteiger partial charge in [-0.3, -0.25) is 9.48 Å². The highest BCUT2D eigenvalue weighted by atomic mass is 16.2. The lowest BCUT2D eigenvalue weighted by atomic mass is 9.79. The van der Waals surface area contributed by atoms with Crippen molar-refractivity contribution in [3.63, 3.8) is 0 Å². The van der Waals surface area contributed by atoms with Gasteiger partial charge in [-0.05, 0) is 43.4 Å². The number of anilines is 1. The van der Waals surface area contributed by atoms with Crippen molar-refractivity contribution in [2.75, 3.05) is 31.1 Å². The molecule has 7 nitrogen and oxygen atoms in total. The zero-order valence-electron chi connectivity index (χ0n) is 21.6. The van der Waals surface area contributed by atoms with Crippen molar-refractivity contribution in [2.24, 2.45) is 12.5 Å². The van der Waals surface area contributed by atoms with E-state index in [0.29, 0.717) is 5.56 Å². The van der Waals surface area contributed by atoms with E-state index in [9.17, 15) is 10.1 Å². The lowest BCUT2D eigenvalue weighted by Crippen LogP contribution is -2.59. The smallest absolute Gasteiger partial charge is 0.245 e. The number of benzene rings is 1. The molecule has 6 rings (SSSR count). The van der Waals surface area contributed by atoms with Crippen LogP contribution in [0.15, 0.2) is 31.0 Å². The van der Waals surface area contributed by atoms with Crippen LogP contribution in [0.1, 0.15) is 49.1 Å². The fraction of sp³-hybridized carbons (Fsp3) is 0.448. The molecule has 1 amide bonds. The molecule has 3 aliphatic rings. The van der Waals surface area contributed by atoms with Gasteiger partial charge >= 0.3 is 0 Å². The molecule has 2 aromatic heterocycles. The largest absolute Gasteiger partial charge is 0.355 e. The Morgan fingerprint density at radius 2 is 1.97 bits per heavy atom. The maximum Gasteiger partial charge on any atom is 0.245 e. The van der Waals surface area contributed by atoms with Gasteiger partial charge in [-0.1, -0.05) is 32.6 Å². The molecular weight excluding hydrogens is 448 g/mol. The Morgan fingerprint density at radius 1 is 1.19 bits per heavy atom. The molecule has 184 valence electrons. The number of nitrogens with zero attached hydrogens (tertiary/aromatic N) is 6. The van der Waals surface area contributed by atoms with E-state index in [0.717, 1.165) is 84.5 Å². The Balaban J connectivity index is 1.53. The van der Waals surface area contributed by atoms with E-state index in [-0.39, 0.29) is 16.7 Å². The average molecular weight is 481 g/mol. The Labute approximate surface area is 212 Å². The first kappa shape index (κ1) is 22.8. The molecule has 1 spiro atoms. The van der Waals surface area contributed by atoms with E-state index in [2.05, 4.69) is 55.6 Å². The first-order valence-corrected chi connectivity index (χ1v) is 12.7. The highest BCUT2D eigenvalue weighted by Gasteiger charge is 2.50. The third-order valence-corrected chi connectivity index (χ3v) is 8.67. The number of carbonyl (C=O) groups excluding carboxylic acids is 1. The van der Waals surface area contributed by atoms with Crippen LogP contribution in [-0.2, 0) is 23.7 Å². The fourth-order valence-electron chi connectivity index (χ4n) is 6.69. The van der Waals surface area contributed by atoms with Crippen molar-refractivity contribution in [3.05, 3.63) is 53.4 Å². The molecule has 2 aliphatic heterocycles. The highest BCUT2D eigenvalue weighted by molar-refractivity contribution is 5.99. The molecule has 3 aromatic rings. The summed E-state index contributed by atoms with van der Waals surface area (Å²) < 4.78 is 1.93. The number of aromatic nitrogens is 3. The van der Waals surface area contributed by atoms with Gasteiger partial charge in [-0.2, -0.15) is 10.4 Å². The quantitative estimate of drug-likeness (QED) is 0.524. The van der Waals surface area contributed by atoms with Crippen LogP contribution in [0.4, 0.5) is 5.82 Å². The highest BCUT2D eigenvalue weighted by Crippen LogP contribution is 2.49.